The first-order valence-electron chi connectivity index (χ1n) is 6.53. The second-order valence-electron chi connectivity index (χ2n) is 4.58. The number of thiophene rings is 1. The van der Waals surface area contributed by atoms with Crippen LogP contribution in [0.15, 0.2) is 34.8 Å². The Morgan fingerprint density at radius 1 is 1.43 bits per heavy atom. The Labute approximate surface area is 136 Å². The van der Waals surface area contributed by atoms with E-state index in [1.54, 1.807) is 6.92 Å². The molecule has 0 radical (unpaired) electrons. The van der Waals surface area contributed by atoms with Crippen LogP contribution in [0.3, 0.4) is 0 Å². The molecule has 2 aromatic rings. The molecule has 6 heteroatoms. The molecule has 0 amide bonds. The van der Waals surface area contributed by atoms with Crippen LogP contribution in [0.1, 0.15) is 22.2 Å². The summed E-state index contributed by atoms with van der Waals surface area (Å²) in [5, 5.41) is 0.940. The van der Waals surface area contributed by atoms with Gasteiger partial charge >= 0.3 is 5.97 Å². The average molecular weight is 369 g/mol. The van der Waals surface area contributed by atoms with Crippen LogP contribution in [0.4, 0.5) is 10.7 Å². The molecule has 0 aliphatic carbocycles. The third-order valence-corrected chi connectivity index (χ3v) is 4.63. The van der Waals surface area contributed by atoms with Crippen LogP contribution in [0.2, 0.25) is 0 Å². The van der Waals surface area contributed by atoms with Gasteiger partial charge in [-0.25, -0.2) is 4.79 Å². The number of anilines is 2. The third kappa shape index (κ3) is 3.98. The summed E-state index contributed by atoms with van der Waals surface area (Å²) in [6.07, 6.45) is 0. The van der Waals surface area contributed by atoms with Crippen molar-refractivity contribution in [1.82, 2.24) is 0 Å². The second-order valence-corrected chi connectivity index (χ2v) is 6.52. The Bertz CT molecular complexity index is 642. The molecule has 0 spiro atoms. The predicted molar refractivity (Wildman–Crippen MR) is 90.9 cm³/mol. The molecule has 1 aromatic heterocycles. The maximum atomic E-state index is 11.8. The van der Waals surface area contributed by atoms with Gasteiger partial charge in [-0.2, -0.15) is 0 Å². The molecule has 0 aliphatic heterocycles. The Morgan fingerprint density at radius 3 is 2.86 bits per heavy atom. The first kappa shape index (κ1) is 15.9. The predicted octanol–water partition coefficient (Wildman–Crippen LogP) is 3.91. The minimum atomic E-state index is -0.359. The largest absolute Gasteiger partial charge is 0.462 e. The van der Waals surface area contributed by atoms with Gasteiger partial charge in [-0.15, -0.1) is 11.3 Å². The van der Waals surface area contributed by atoms with Gasteiger partial charge in [0.05, 0.1) is 17.3 Å². The van der Waals surface area contributed by atoms with E-state index in [4.69, 9.17) is 10.5 Å². The standard InChI is InChI=1S/C15H17BrN2O2S/c1-3-20-15(19)14-12(17)8-13(21-14)18(2)9-10-5-4-6-11(16)7-10/h4-8H,3,9,17H2,1-2H3. The SMILES string of the molecule is CCOC(=O)c1sc(N(C)Cc2cccc(Br)c2)cc1N. The van der Waals surface area contributed by atoms with E-state index in [9.17, 15) is 4.79 Å². The first-order chi connectivity index (χ1) is 10.0. The maximum absolute atomic E-state index is 11.8. The highest BCUT2D eigenvalue weighted by atomic mass is 79.9. The van der Waals surface area contributed by atoms with Gasteiger partial charge in [-0.05, 0) is 30.7 Å². The molecule has 0 unspecified atom stereocenters. The summed E-state index contributed by atoms with van der Waals surface area (Å²) in [7, 11) is 1.97. The quantitative estimate of drug-likeness (QED) is 0.812. The van der Waals surface area contributed by atoms with Crippen LogP contribution < -0.4 is 10.6 Å². The van der Waals surface area contributed by atoms with Crippen molar-refractivity contribution in [3.05, 3.63) is 45.2 Å². The maximum Gasteiger partial charge on any atom is 0.350 e. The zero-order valence-corrected chi connectivity index (χ0v) is 14.3. The van der Waals surface area contributed by atoms with Gasteiger partial charge in [0.15, 0.2) is 0 Å². The van der Waals surface area contributed by atoms with Crippen LogP contribution >= 0.6 is 27.3 Å². The number of carbonyl (C=O) groups excluding carboxylic acids is 1. The average Bonchev–Trinajstić information content (AvgIpc) is 2.81. The van der Waals surface area contributed by atoms with Gasteiger partial charge in [0.1, 0.15) is 4.88 Å². The minimum absolute atomic E-state index is 0.347. The zero-order valence-electron chi connectivity index (χ0n) is 11.9. The van der Waals surface area contributed by atoms with Crippen molar-refractivity contribution in [2.24, 2.45) is 0 Å². The van der Waals surface area contributed by atoms with Crippen molar-refractivity contribution in [3.8, 4) is 0 Å². The number of esters is 1. The van der Waals surface area contributed by atoms with Crippen molar-refractivity contribution in [2.75, 3.05) is 24.3 Å². The molecule has 0 fully saturated rings. The summed E-state index contributed by atoms with van der Waals surface area (Å²) in [6.45, 7) is 2.86. The number of hydrogen-bond donors (Lipinski definition) is 1. The van der Waals surface area contributed by atoms with E-state index in [0.29, 0.717) is 17.2 Å². The van der Waals surface area contributed by atoms with E-state index >= 15 is 0 Å². The molecule has 21 heavy (non-hydrogen) atoms. The van der Waals surface area contributed by atoms with Gasteiger partial charge in [0.2, 0.25) is 0 Å². The normalized spacial score (nSPS) is 10.4. The number of nitrogens with zero attached hydrogens (tertiary/aromatic N) is 1. The molecule has 0 atom stereocenters. The molecule has 1 aromatic carbocycles. The topological polar surface area (TPSA) is 55.6 Å². The van der Waals surface area contributed by atoms with E-state index in [0.717, 1.165) is 16.0 Å². The minimum Gasteiger partial charge on any atom is -0.462 e. The van der Waals surface area contributed by atoms with E-state index in [1.165, 1.54) is 16.9 Å². The second kappa shape index (κ2) is 6.95. The fourth-order valence-corrected chi connectivity index (χ4v) is 3.30. The zero-order chi connectivity index (χ0) is 15.4. The van der Waals surface area contributed by atoms with Crippen LogP contribution in [0, 0.1) is 0 Å². The van der Waals surface area contributed by atoms with Crippen LogP contribution in [0.5, 0.6) is 0 Å². The van der Waals surface area contributed by atoms with E-state index in [2.05, 4.69) is 33.0 Å². The van der Waals surface area contributed by atoms with E-state index in [1.807, 2.05) is 25.2 Å². The molecule has 2 N–H and O–H groups in total. The fraction of sp³-hybridized carbons (Fsp3) is 0.267. The van der Waals surface area contributed by atoms with Crippen LogP contribution in [-0.2, 0) is 11.3 Å². The van der Waals surface area contributed by atoms with Gasteiger partial charge in [0, 0.05) is 18.1 Å². The lowest BCUT2D eigenvalue weighted by Gasteiger charge is -2.17. The number of nitrogen functional groups attached to an aromatic ring is 1. The molecule has 2 rings (SSSR count). The number of hydrogen-bond acceptors (Lipinski definition) is 5. The third-order valence-electron chi connectivity index (χ3n) is 2.89. The lowest BCUT2D eigenvalue weighted by molar-refractivity contribution is 0.0533. The lowest BCUT2D eigenvalue weighted by atomic mass is 10.2. The number of rotatable bonds is 5. The lowest BCUT2D eigenvalue weighted by Crippen LogP contribution is -2.14. The number of ether oxygens (including phenoxy) is 1. The molecular formula is C15H17BrN2O2S. The summed E-state index contributed by atoms with van der Waals surface area (Å²) in [4.78, 5) is 14.3. The number of carbonyl (C=O) groups is 1. The molecule has 0 saturated heterocycles. The molecule has 0 saturated carbocycles. The van der Waals surface area contributed by atoms with Gasteiger partial charge < -0.3 is 15.4 Å². The monoisotopic (exact) mass is 368 g/mol. The Morgan fingerprint density at radius 2 is 2.19 bits per heavy atom. The highest BCUT2D eigenvalue weighted by molar-refractivity contribution is 9.10. The molecule has 112 valence electrons. The summed E-state index contributed by atoms with van der Waals surface area (Å²) in [5.74, 6) is -0.359. The molecule has 0 bridgehead atoms. The first-order valence-corrected chi connectivity index (χ1v) is 8.14. The van der Waals surface area contributed by atoms with Crippen molar-refractivity contribution < 1.29 is 9.53 Å². The van der Waals surface area contributed by atoms with E-state index < -0.39 is 0 Å². The van der Waals surface area contributed by atoms with Crippen molar-refractivity contribution in [1.29, 1.82) is 0 Å². The fourth-order valence-electron chi connectivity index (χ4n) is 1.92. The van der Waals surface area contributed by atoms with Crippen LogP contribution in [0.25, 0.3) is 0 Å². The molecule has 1 heterocycles. The highest BCUT2D eigenvalue weighted by Gasteiger charge is 2.17. The number of benzene rings is 1. The number of halogens is 1. The van der Waals surface area contributed by atoms with Crippen molar-refractivity contribution in [3.63, 3.8) is 0 Å². The highest BCUT2D eigenvalue weighted by Crippen LogP contribution is 2.33. The summed E-state index contributed by atoms with van der Waals surface area (Å²) < 4.78 is 6.05. The molecule has 4 nitrogen and oxygen atoms in total. The molecular weight excluding hydrogens is 352 g/mol. The summed E-state index contributed by atoms with van der Waals surface area (Å²) in [5.41, 5.74) is 7.55. The number of nitrogens with two attached hydrogens (primary N) is 1. The summed E-state index contributed by atoms with van der Waals surface area (Å²) in [6, 6.07) is 9.94. The Kier molecular flexibility index (Phi) is 5.25. The smallest absolute Gasteiger partial charge is 0.350 e. The van der Waals surface area contributed by atoms with Gasteiger partial charge in [-0.1, -0.05) is 28.1 Å². The van der Waals surface area contributed by atoms with Crippen molar-refractivity contribution >= 4 is 43.9 Å². The Hall–Kier alpha value is -1.53. The van der Waals surface area contributed by atoms with Crippen LogP contribution in [-0.4, -0.2) is 19.6 Å². The van der Waals surface area contributed by atoms with Crippen molar-refractivity contribution in [2.45, 2.75) is 13.5 Å². The molecule has 0 aliphatic rings. The Balaban J connectivity index is 2.14. The van der Waals surface area contributed by atoms with Gasteiger partial charge in [-0.3, -0.25) is 0 Å². The summed E-state index contributed by atoms with van der Waals surface area (Å²) >= 11 is 4.82. The van der Waals surface area contributed by atoms with Gasteiger partial charge in [0.25, 0.3) is 0 Å². The van der Waals surface area contributed by atoms with E-state index in [-0.39, 0.29) is 5.97 Å².